The molecule has 0 N–H and O–H groups in total. The molecule has 1 radical (unpaired) electrons. The predicted octanol–water partition coefficient (Wildman–Crippen LogP) is 10.3. The van der Waals surface area contributed by atoms with E-state index in [1.165, 1.54) is 21.9 Å². The van der Waals surface area contributed by atoms with Gasteiger partial charge in [0.25, 0.3) is 0 Å². The van der Waals surface area contributed by atoms with Crippen LogP contribution in [0, 0.1) is 37.3 Å². The van der Waals surface area contributed by atoms with Crippen LogP contribution in [-0.2, 0) is 32.9 Å². The van der Waals surface area contributed by atoms with E-state index in [1.54, 1.807) is 0 Å². The van der Waals surface area contributed by atoms with Gasteiger partial charge in [-0.15, -0.1) is 59.7 Å². The zero-order valence-electron chi connectivity index (χ0n) is 29.5. The molecule has 4 nitrogen and oxygen atoms in total. The summed E-state index contributed by atoms with van der Waals surface area (Å²) >= 11 is 0. The summed E-state index contributed by atoms with van der Waals surface area (Å²) in [5.41, 5.74) is 10.8. The predicted molar refractivity (Wildman–Crippen MR) is 196 cm³/mol. The topological polar surface area (TPSA) is 51.8 Å². The van der Waals surface area contributed by atoms with Crippen LogP contribution in [0.4, 0.5) is 0 Å². The van der Waals surface area contributed by atoms with Crippen LogP contribution in [0.5, 0.6) is 0 Å². The Morgan fingerprint density at radius 1 is 0.830 bits per heavy atom. The number of pyridine rings is 3. The largest absolute Gasteiger partial charge is 0.486 e. The Balaban J connectivity index is 0.000000216. The summed E-state index contributed by atoms with van der Waals surface area (Å²) in [7, 11) is -1.34. The quantitative estimate of drug-likeness (QED) is 0.124. The van der Waals surface area contributed by atoms with E-state index in [-0.39, 0.29) is 25.5 Å². The van der Waals surface area contributed by atoms with Gasteiger partial charge in [-0.2, -0.15) is 0 Å². The van der Waals surface area contributed by atoms with Crippen molar-refractivity contribution in [3.63, 3.8) is 0 Å². The first-order valence-electron chi connectivity index (χ1n) is 16.3. The SMILES string of the molecule is CC(C)Cc1cc(-c2[c-]cccc2)ncc1[Si](C)(C)C.Cc1ccc2c(n1)oc1c[c-]c(-c3cc(CC(C)(C)C)c(C)cn3)cc12.[Ir]. The molecule has 0 aliphatic carbocycles. The molecule has 6 heteroatoms. The average Bonchev–Trinajstić information content (AvgIpc) is 3.34. The summed E-state index contributed by atoms with van der Waals surface area (Å²) in [5, 5.41) is 3.58. The molecule has 0 fully saturated rings. The molecule has 0 aliphatic heterocycles. The molecule has 4 aromatic heterocycles. The van der Waals surface area contributed by atoms with Crippen LogP contribution < -0.4 is 5.19 Å². The van der Waals surface area contributed by atoms with E-state index >= 15 is 0 Å². The number of fused-ring (bicyclic) bond motifs is 3. The van der Waals surface area contributed by atoms with Gasteiger partial charge in [-0.05, 0) is 72.3 Å². The van der Waals surface area contributed by atoms with Crippen molar-refractivity contribution >= 4 is 35.3 Å². The molecule has 6 aromatic rings. The standard InChI is InChI=1S/C23H23N2O.C18H24NSi.Ir/c1-14-13-24-20(11-17(14)12-23(3,4)5)16-7-9-21-19(10-16)18-8-6-15(2)25-22(18)26-21;1-14(2)11-16-12-17(15-9-7-6-8-10-15)19-13-18(16)20(3,4)5;/h6,8-11,13H,12H2,1-5H3;6-9,12-14H,11H2,1-5H3;/q2*-1;. The van der Waals surface area contributed by atoms with Gasteiger partial charge >= 0.3 is 0 Å². The average molecular weight is 818 g/mol. The number of nitrogens with zero attached hydrogens (tertiary/aromatic N) is 3. The summed E-state index contributed by atoms with van der Waals surface area (Å²) in [4.78, 5) is 13.8. The maximum atomic E-state index is 5.87. The minimum absolute atomic E-state index is 0. The first-order chi connectivity index (χ1) is 21.7. The number of hydrogen-bond acceptors (Lipinski definition) is 4. The van der Waals surface area contributed by atoms with Crippen molar-refractivity contribution in [1.29, 1.82) is 0 Å². The normalized spacial score (nSPS) is 11.8. The second-order valence-electron chi connectivity index (χ2n) is 15.1. The second kappa shape index (κ2) is 14.8. The summed E-state index contributed by atoms with van der Waals surface area (Å²) < 4.78 is 5.87. The van der Waals surface area contributed by atoms with Gasteiger partial charge in [0.1, 0.15) is 0 Å². The third-order valence-corrected chi connectivity index (χ3v) is 10.1. The van der Waals surface area contributed by atoms with Gasteiger partial charge in [0.2, 0.25) is 5.71 Å². The number of hydrogen-bond donors (Lipinski definition) is 0. The van der Waals surface area contributed by atoms with Gasteiger partial charge < -0.3 is 14.4 Å². The van der Waals surface area contributed by atoms with Crippen LogP contribution in [0.3, 0.4) is 0 Å². The monoisotopic (exact) mass is 818 g/mol. The molecule has 247 valence electrons. The van der Waals surface area contributed by atoms with E-state index < -0.39 is 8.07 Å². The third-order valence-electron chi connectivity index (χ3n) is 8.03. The molecule has 0 amide bonds. The fourth-order valence-electron chi connectivity index (χ4n) is 5.80. The Labute approximate surface area is 295 Å². The zero-order chi connectivity index (χ0) is 33.2. The van der Waals surface area contributed by atoms with Gasteiger partial charge in [0.15, 0.2) is 0 Å². The van der Waals surface area contributed by atoms with Gasteiger partial charge in [0, 0.05) is 43.6 Å². The molecule has 6 rings (SSSR count). The van der Waals surface area contributed by atoms with E-state index in [1.807, 2.05) is 43.5 Å². The molecule has 0 saturated carbocycles. The molecule has 4 heterocycles. The smallest absolute Gasteiger partial charge is 0.216 e. The van der Waals surface area contributed by atoms with Crippen molar-refractivity contribution in [1.82, 2.24) is 15.0 Å². The van der Waals surface area contributed by atoms with Crippen LogP contribution in [-0.4, -0.2) is 23.0 Å². The maximum Gasteiger partial charge on any atom is 0.216 e. The van der Waals surface area contributed by atoms with Gasteiger partial charge in [-0.3, -0.25) is 0 Å². The van der Waals surface area contributed by atoms with Crippen LogP contribution in [0.25, 0.3) is 44.6 Å². The number of benzene rings is 2. The number of aryl methyl sites for hydroxylation is 2. The van der Waals surface area contributed by atoms with Crippen molar-refractivity contribution in [3.8, 4) is 22.5 Å². The molecule has 0 unspecified atom stereocenters. The summed E-state index contributed by atoms with van der Waals surface area (Å²) in [6.07, 6.45) is 6.23. The van der Waals surface area contributed by atoms with Crippen LogP contribution >= 0.6 is 0 Å². The second-order valence-corrected chi connectivity index (χ2v) is 20.2. The Morgan fingerprint density at radius 2 is 1.53 bits per heavy atom. The van der Waals surface area contributed by atoms with Gasteiger partial charge in [-0.1, -0.05) is 82.9 Å². The van der Waals surface area contributed by atoms with Crippen LogP contribution in [0.2, 0.25) is 19.6 Å². The van der Waals surface area contributed by atoms with Crippen molar-refractivity contribution in [2.45, 2.75) is 80.9 Å². The number of aromatic nitrogens is 3. The summed E-state index contributed by atoms with van der Waals surface area (Å²) in [6, 6.07) is 27.2. The first kappa shape index (κ1) is 36.4. The fourth-order valence-corrected chi connectivity index (χ4v) is 7.39. The van der Waals surface area contributed by atoms with E-state index in [0.717, 1.165) is 57.4 Å². The molecule has 0 saturated heterocycles. The van der Waals surface area contributed by atoms with Gasteiger partial charge in [-0.25, -0.2) is 4.98 Å². The van der Waals surface area contributed by atoms with Crippen molar-refractivity contribution < 1.29 is 24.5 Å². The minimum atomic E-state index is -1.34. The zero-order valence-corrected chi connectivity index (χ0v) is 32.9. The van der Waals surface area contributed by atoms with Crippen LogP contribution in [0.1, 0.15) is 57.0 Å². The van der Waals surface area contributed by atoms with E-state index in [4.69, 9.17) is 4.42 Å². The molecular formula is C41H47IrN3OSi-2. The van der Waals surface area contributed by atoms with E-state index in [9.17, 15) is 0 Å². The van der Waals surface area contributed by atoms with Crippen LogP contribution in [0.15, 0.2) is 77.5 Å². The Kier molecular flexibility index (Phi) is 11.4. The molecule has 0 bridgehead atoms. The third kappa shape index (κ3) is 9.13. The van der Waals surface area contributed by atoms with E-state index in [0.29, 0.717) is 11.6 Å². The molecule has 0 spiro atoms. The van der Waals surface area contributed by atoms with Crippen molar-refractivity contribution in [2.75, 3.05) is 0 Å². The summed E-state index contributed by atoms with van der Waals surface area (Å²) in [5.74, 6) is 0.667. The molecule has 47 heavy (non-hydrogen) atoms. The fraction of sp³-hybridized carbons (Fsp3) is 0.341. The Hall–Kier alpha value is -3.44. The Morgan fingerprint density at radius 3 is 2.19 bits per heavy atom. The maximum absolute atomic E-state index is 5.87. The van der Waals surface area contributed by atoms with Gasteiger partial charge in [0.05, 0.1) is 13.7 Å². The number of furan rings is 1. The molecule has 0 atom stereocenters. The Bertz CT molecular complexity index is 1970. The van der Waals surface area contributed by atoms with Crippen molar-refractivity contribution in [2.24, 2.45) is 11.3 Å². The number of rotatable bonds is 6. The minimum Gasteiger partial charge on any atom is -0.486 e. The van der Waals surface area contributed by atoms with E-state index in [2.05, 4.69) is 125 Å². The first-order valence-corrected chi connectivity index (χ1v) is 19.8. The molecule has 0 aliphatic rings. The molecular weight excluding hydrogens is 771 g/mol. The summed E-state index contributed by atoms with van der Waals surface area (Å²) in [6.45, 7) is 22.6. The molecule has 2 aromatic carbocycles. The van der Waals surface area contributed by atoms with Crippen molar-refractivity contribution in [3.05, 3.63) is 108 Å².